The topological polar surface area (TPSA) is 50.7 Å². The molecule has 3 rings (SSSR count). The molecule has 1 aromatic carbocycles. The number of carbonyl (C=O) groups excluding carboxylic acids is 1. The van der Waals surface area contributed by atoms with Crippen molar-refractivity contribution in [2.75, 3.05) is 7.11 Å². The molecule has 0 atom stereocenters. The van der Waals surface area contributed by atoms with Crippen molar-refractivity contribution in [3.8, 4) is 5.75 Å². The molecule has 1 amide bonds. The zero-order valence-electron chi connectivity index (χ0n) is 14.8. The van der Waals surface area contributed by atoms with E-state index in [-0.39, 0.29) is 5.91 Å². The summed E-state index contributed by atoms with van der Waals surface area (Å²) in [5.74, 6) is 2.43. The van der Waals surface area contributed by atoms with Crippen molar-refractivity contribution in [1.29, 1.82) is 0 Å². The van der Waals surface area contributed by atoms with Crippen molar-refractivity contribution >= 4 is 17.8 Å². The first kappa shape index (κ1) is 16.7. The Bertz CT molecular complexity index is 683. The molecule has 1 aliphatic heterocycles. The van der Waals surface area contributed by atoms with E-state index in [4.69, 9.17) is 4.74 Å². The van der Waals surface area contributed by atoms with Crippen molar-refractivity contribution in [3.63, 3.8) is 0 Å². The Hall–Kier alpha value is -2.10. The smallest absolute Gasteiger partial charge is 0.275 e. The number of nitrogens with zero attached hydrogens (tertiary/aromatic N) is 1. The average Bonchev–Trinajstić information content (AvgIpc) is 2.96. The van der Waals surface area contributed by atoms with Crippen LogP contribution < -0.4 is 10.1 Å². The van der Waals surface area contributed by atoms with Crippen LogP contribution in [-0.4, -0.2) is 18.9 Å². The van der Waals surface area contributed by atoms with Crippen LogP contribution in [0.25, 0.3) is 6.08 Å². The summed E-state index contributed by atoms with van der Waals surface area (Å²) in [5, 5.41) is 2.97. The predicted molar refractivity (Wildman–Crippen MR) is 97.2 cm³/mol. The monoisotopic (exact) mass is 326 g/mol. The van der Waals surface area contributed by atoms with Gasteiger partial charge in [0.15, 0.2) is 0 Å². The summed E-state index contributed by atoms with van der Waals surface area (Å²) in [7, 11) is 1.69. The van der Waals surface area contributed by atoms with Gasteiger partial charge in [0.05, 0.1) is 7.11 Å². The van der Waals surface area contributed by atoms with Crippen LogP contribution in [0.15, 0.2) is 28.9 Å². The van der Waals surface area contributed by atoms with E-state index in [9.17, 15) is 4.79 Å². The summed E-state index contributed by atoms with van der Waals surface area (Å²) in [5.41, 5.74) is 2.63. The van der Waals surface area contributed by atoms with Gasteiger partial charge >= 0.3 is 0 Å². The van der Waals surface area contributed by atoms with Crippen molar-refractivity contribution in [3.05, 3.63) is 35.0 Å². The Kier molecular flexibility index (Phi) is 5.03. The Balaban J connectivity index is 1.86. The van der Waals surface area contributed by atoms with Gasteiger partial charge in [-0.15, -0.1) is 0 Å². The second-order valence-electron chi connectivity index (χ2n) is 6.97. The zero-order valence-corrected chi connectivity index (χ0v) is 14.8. The molecule has 0 unspecified atom stereocenters. The van der Waals surface area contributed by atoms with Gasteiger partial charge < -0.3 is 10.1 Å². The van der Waals surface area contributed by atoms with Gasteiger partial charge in [-0.3, -0.25) is 4.79 Å². The van der Waals surface area contributed by atoms with Gasteiger partial charge in [-0.2, -0.15) is 0 Å². The predicted octanol–water partition coefficient (Wildman–Crippen LogP) is 4.27. The van der Waals surface area contributed by atoms with E-state index < -0.39 is 0 Å². The normalized spacial score (nSPS) is 20.4. The van der Waals surface area contributed by atoms with E-state index >= 15 is 0 Å². The van der Waals surface area contributed by atoms with E-state index in [2.05, 4.69) is 30.2 Å². The molecule has 0 spiro atoms. The average molecular weight is 326 g/mol. The molecule has 4 heteroatoms. The van der Waals surface area contributed by atoms with Crippen LogP contribution in [0, 0.1) is 5.92 Å². The number of carbonyl (C=O) groups is 1. The van der Waals surface area contributed by atoms with Crippen molar-refractivity contribution in [1.82, 2.24) is 5.32 Å². The van der Waals surface area contributed by atoms with E-state index in [1.807, 2.05) is 18.2 Å². The fraction of sp³-hybridized carbons (Fsp3) is 0.500. The largest absolute Gasteiger partial charge is 0.496 e. The summed E-state index contributed by atoms with van der Waals surface area (Å²) in [6.07, 6.45) is 7.89. The lowest BCUT2D eigenvalue weighted by atomic mass is 9.88. The van der Waals surface area contributed by atoms with Crippen molar-refractivity contribution in [2.24, 2.45) is 10.9 Å². The molecule has 0 aromatic heterocycles. The first-order valence-electron chi connectivity index (χ1n) is 8.88. The highest BCUT2D eigenvalue weighted by Gasteiger charge is 2.27. The molecule has 24 heavy (non-hydrogen) atoms. The molecule has 1 fully saturated rings. The van der Waals surface area contributed by atoms with Gasteiger partial charge in [-0.05, 0) is 48.1 Å². The highest BCUT2D eigenvalue weighted by molar-refractivity contribution is 6.15. The summed E-state index contributed by atoms with van der Waals surface area (Å²) < 4.78 is 5.42. The number of amides is 1. The van der Waals surface area contributed by atoms with Crippen LogP contribution in [-0.2, 0) is 4.79 Å². The Labute approximate surface area is 144 Å². The molecular formula is C20H26N2O2. The van der Waals surface area contributed by atoms with Crippen LogP contribution in [0.5, 0.6) is 5.75 Å². The molecular weight excluding hydrogens is 300 g/mol. The fourth-order valence-corrected chi connectivity index (χ4v) is 3.51. The molecule has 2 aliphatic rings. The van der Waals surface area contributed by atoms with Crippen LogP contribution in [0.3, 0.4) is 0 Å². The number of amidine groups is 1. The minimum atomic E-state index is -0.0857. The molecule has 0 radical (unpaired) electrons. The van der Waals surface area contributed by atoms with Crippen LogP contribution in [0.1, 0.15) is 63.0 Å². The van der Waals surface area contributed by atoms with Gasteiger partial charge in [0.1, 0.15) is 17.3 Å². The third kappa shape index (κ3) is 3.53. The number of rotatable bonds is 4. The number of hydrogen-bond acceptors (Lipinski definition) is 3. The molecule has 1 saturated carbocycles. The maximum absolute atomic E-state index is 12.3. The maximum atomic E-state index is 12.3. The number of nitrogens with one attached hydrogen (secondary N) is 1. The first-order chi connectivity index (χ1) is 11.6. The van der Waals surface area contributed by atoms with E-state index in [0.29, 0.717) is 17.5 Å². The van der Waals surface area contributed by atoms with Crippen LogP contribution in [0.2, 0.25) is 0 Å². The Morgan fingerprint density at radius 3 is 2.67 bits per heavy atom. The lowest BCUT2D eigenvalue weighted by molar-refractivity contribution is -0.115. The Morgan fingerprint density at radius 1 is 1.25 bits per heavy atom. The van der Waals surface area contributed by atoms with E-state index in [0.717, 1.165) is 35.6 Å². The summed E-state index contributed by atoms with van der Waals surface area (Å²) in [6, 6.07) is 6.01. The molecule has 0 bridgehead atoms. The molecule has 1 aromatic rings. The van der Waals surface area contributed by atoms with Crippen LogP contribution in [0.4, 0.5) is 0 Å². The molecule has 1 N–H and O–H groups in total. The summed E-state index contributed by atoms with van der Waals surface area (Å²) >= 11 is 0. The fourth-order valence-electron chi connectivity index (χ4n) is 3.51. The van der Waals surface area contributed by atoms with Gasteiger partial charge in [0.25, 0.3) is 5.91 Å². The number of aliphatic imine (C=N–C) groups is 1. The zero-order chi connectivity index (χ0) is 17.1. The maximum Gasteiger partial charge on any atom is 0.275 e. The third-order valence-corrected chi connectivity index (χ3v) is 4.89. The molecule has 128 valence electrons. The number of ether oxygens (including phenoxy) is 1. The lowest BCUT2D eigenvalue weighted by Crippen LogP contribution is -2.31. The minimum Gasteiger partial charge on any atom is -0.496 e. The molecule has 4 nitrogen and oxygen atoms in total. The quantitative estimate of drug-likeness (QED) is 0.840. The molecule has 0 saturated heterocycles. The lowest BCUT2D eigenvalue weighted by Gasteiger charge is -2.20. The summed E-state index contributed by atoms with van der Waals surface area (Å²) in [6.45, 7) is 4.27. The van der Waals surface area contributed by atoms with Gasteiger partial charge in [-0.25, -0.2) is 4.99 Å². The molecule has 1 aliphatic carbocycles. The standard InChI is InChI=1S/C20H26N2O2/c1-13(2)16-11-14(9-10-18(16)24-3)12-17-20(23)22-19(21-17)15-7-5-4-6-8-15/h9-13,15H,4-8H2,1-3H3,(H,21,22,23)/b17-12+. The van der Waals surface area contributed by atoms with Gasteiger partial charge in [0, 0.05) is 5.92 Å². The third-order valence-electron chi connectivity index (χ3n) is 4.89. The van der Waals surface area contributed by atoms with Crippen LogP contribution >= 0.6 is 0 Å². The Morgan fingerprint density at radius 2 is 2.00 bits per heavy atom. The van der Waals surface area contributed by atoms with Gasteiger partial charge in [0.2, 0.25) is 0 Å². The van der Waals surface area contributed by atoms with Crippen molar-refractivity contribution in [2.45, 2.75) is 51.9 Å². The van der Waals surface area contributed by atoms with E-state index in [1.54, 1.807) is 7.11 Å². The SMILES string of the molecule is COc1ccc(/C=C2/N=C(C3CCCCC3)NC2=O)cc1C(C)C. The number of benzene rings is 1. The summed E-state index contributed by atoms with van der Waals surface area (Å²) in [4.78, 5) is 16.8. The number of methoxy groups -OCH3 is 1. The second-order valence-corrected chi connectivity index (χ2v) is 6.97. The molecule has 1 heterocycles. The van der Waals surface area contributed by atoms with Crippen molar-refractivity contribution < 1.29 is 9.53 Å². The van der Waals surface area contributed by atoms with Gasteiger partial charge in [-0.1, -0.05) is 39.2 Å². The number of hydrogen-bond donors (Lipinski definition) is 1. The minimum absolute atomic E-state index is 0.0857. The second kappa shape index (κ2) is 7.20. The highest BCUT2D eigenvalue weighted by Crippen LogP contribution is 2.29. The highest BCUT2D eigenvalue weighted by atomic mass is 16.5. The van der Waals surface area contributed by atoms with E-state index in [1.165, 1.54) is 19.3 Å². The first-order valence-corrected chi connectivity index (χ1v) is 8.88.